The Bertz CT molecular complexity index is 178. The zero-order valence-corrected chi connectivity index (χ0v) is 9.15. The molecule has 2 saturated heterocycles. The SMILES string of the molecule is CN1CCC(CN2CCC(O)C2)CC1. The predicted molar refractivity (Wildman–Crippen MR) is 57.3 cm³/mol. The summed E-state index contributed by atoms with van der Waals surface area (Å²) in [5, 5.41) is 9.42. The third-order valence-corrected chi connectivity index (χ3v) is 3.60. The molecule has 0 amide bonds. The fraction of sp³-hybridized carbons (Fsp3) is 1.00. The maximum atomic E-state index is 9.42. The molecule has 82 valence electrons. The molecule has 0 aliphatic carbocycles. The van der Waals surface area contributed by atoms with Gasteiger partial charge in [-0.05, 0) is 45.3 Å². The molecule has 2 aliphatic heterocycles. The number of hydrogen-bond acceptors (Lipinski definition) is 3. The topological polar surface area (TPSA) is 26.7 Å². The van der Waals surface area contributed by atoms with Crippen molar-refractivity contribution >= 4 is 0 Å². The fourth-order valence-corrected chi connectivity index (χ4v) is 2.59. The van der Waals surface area contributed by atoms with E-state index in [0.717, 1.165) is 25.4 Å². The minimum Gasteiger partial charge on any atom is -0.392 e. The molecule has 1 unspecified atom stereocenters. The Labute approximate surface area is 86.7 Å². The van der Waals surface area contributed by atoms with Crippen LogP contribution in [-0.4, -0.2) is 60.8 Å². The number of aliphatic hydroxyl groups excluding tert-OH is 1. The van der Waals surface area contributed by atoms with Crippen molar-refractivity contribution in [2.45, 2.75) is 25.4 Å². The van der Waals surface area contributed by atoms with E-state index < -0.39 is 0 Å². The first-order chi connectivity index (χ1) is 6.74. The molecule has 0 spiro atoms. The van der Waals surface area contributed by atoms with Crippen molar-refractivity contribution in [2.24, 2.45) is 5.92 Å². The second-order valence-corrected chi connectivity index (χ2v) is 4.95. The van der Waals surface area contributed by atoms with E-state index in [1.807, 2.05) is 0 Å². The second kappa shape index (κ2) is 4.60. The first kappa shape index (κ1) is 10.4. The summed E-state index contributed by atoms with van der Waals surface area (Å²) in [6.45, 7) is 5.73. The van der Waals surface area contributed by atoms with Crippen LogP contribution >= 0.6 is 0 Å². The van der Waals surface area contributed by atoms with E-state index in [2.05, 4.69) is 16.8 Å². The summed E-state index contributed by atoms with van der Waals surface area (Å²) in [6.07, 6.45) is 3.60. The van der Waals surface area contributed by atoms with Crippen LogP contribution in [0.15, 0.2) is 0 Å². The van der Waals surface area contributed by atoms with Gasteiger partial charge in [-0.25, -0.2) is 0 Å². The molecular weight excluding hydrogens is 176 g/mol. The van der Waals surface area contributed by atoms with Gasteiger partial charge in [0.05, 0.1) is 6.10 Å². The van der Waals surface area contributed by atoms with Crippen molar-refractivity contribution in [1.82, 2.24) is 9.80 Å². The summed E-state index contributed by atoms with van der Waals surface area (Å²) in [4.78, 5) is 4.84. The smallest absolute Gasteiger partial charge is 0.0679 e. The lowest BCUT2D eigenvalue weighted by Crippen LogP contribution is -2.36. The number of hydrogen-bond donors (Lipinski definition) is 1. The molecule has 0 saturated carbocycles. The highest BCUT2D eigenvalue weighted by Crippen LogP contribution is 2.19. The third kappa shape index (κ3) is 2.69. The van der Waals surface area contributed by atoms with E-state index in [-0.39, 0.29) is 6.10 Å². The largest absolute Gasteiger partial charge is 0.392 e. The van der Waals surface area contributed by atoms with Gasteiger partial charge in [-0.3, -0.25) is 0 Å². The molecule has 0 bridgehead atoms. The van der Waals surface area contributed by atoms with Gasteiger partial charge in [0.1, 0.15) is 0 Å². The fourth-order valence-electron chi connectivity index (χ4n) is 2.59. The van der Waals surface area contributed by atoms with E-state index in [1.54, 1.807) is 0 Å². The van der Waals surface area contributed by atoms with Crippen LogP contribution in [0, 0.1) is 5.92 Å². The molecule has 3 heteroatoms. The summed E-state index contributed by atoms with van der Waals surface area (Å²) in [5.74, 6) is 0.872. The number of piperidine rings is 1. The molecule has 1 atom stereocenters. The lowest BCUT2D eigenvalue weighted by atomic mass is 9.97. The maximum Gasteiger partial charge on any atom is 0.0679 e. The van der Waals surface area contributed by atoms with E-state index in [4.69, 9.17) is 0 Å². The zero-order chi connectivity index (χ0) is 9.97. The van der Waals surface area contributed by atoms with Gasteiger partial charge in [0.25, 0.3) is 0 Å². The van der Waals surface area contributed by atoms with Gasteiger partial charge in [-0.1, -0.05) is 0 Å². The van der Waals surface area contributed by atoms with Gasteiger partial charge in [0.2, 0.25) is 0 Å². The molecule has 2 rings (SSSR count). The molecule has 2 heterocycles. The number of rotatable bonds is 2. The van der Waals surface area contributed by atoms with Gasteiger partial charge in [0.15, 0.2) is 0 Å². The molecule has 0 radical (unpaired) electrons. The quantitative estimate of drug-likeness (QED) is 0.695. The molecule has 1 N–H and O–H groups in total. The van der Waals surface area contributed by atoms with Crippen LogP contribution in [0.4, 0.5) is 0 Å². The summed E-state index contributed by atoms with van der Waals surface area (Å²) < 4.78 is 0. The molecule has 3 nitrogen and oxygen atoms in total. The highest BCUT2D eigenvalue weighted by atomic mass is 16.3. The Hall–Kier alpha value is -0.120. The van der Waals surface area contributed by atoms with Gasteiger partial charge in [0, 0.05) is 19.6 Å². The number of β-amino-alcohol motifs (C(OH)–C–C–N with tert-alkyl or cyclic N) is 1. The van der Waals surface area contributed by atoms with E-state index in [9.17, 15) is 5.11 Å². The van der Waals surface area contributed by atoms with Crippen molar-refractivity contribution in [3.63, 3.8) is 0 Å². The molecular formula is C11H22N2O. The summed E-state index contributed by atoms with van der Waals surface area (Å²) in [5.41, 5.74) is 0. The van der Waals surface area contributed by atoms with Crippen molar-refractivity contribution in [1.29, 1.82) is 0 Å². The first-order valence-corrected chi connectivity index (χ1v) is 5.83. The Morgan fingerprint density at radius 2 is 1.86 bits per heavy atom. The monoisotopic (exact) mass is 198 g/mol. The van der Waals surface area contributed by atoms with Gasteiger partial charge < -0.3 is 14.9 Å². The first-order valence-electron chi connectivity index (χ1n) is 5.83. The van der Waals surface area contributed by atoms with Crippen LogP contribution < -0.4 is 0 Å². The Morgan fingerprint density at radius 1 is 1.14 bits per heavy atom. The normalized spacial score (nSPS) is 32.6. The van der Waals surface area contributed by atoms with Crippen LogP contribution in [0.3, 0.4) is 0 Å². The van der Waals surface area contributed by atoms with Crippen molar-refractivity contribution in [2.75, 3.05) is 39.8 Å². The Kier molecular flexibility index (Phi) is 3.42. The average molecular weight is 198 g/mol. The van der Waals surface area contributed by atoms with E-state index in [1.165, 1.54) is 32.5 Å². The van der Waals surface area contributed by atoms with Gasteiger partial charge >= 0.3 is 0 Å². The standard InChI is InChI=1S/C11H22N2O/c1-12-5-2-10(3-6-12)8-13-7-4-11(14)9-13/h10-11,14H,2-9H2,1H3. The molecule has 2 aliphatic rings. The van der Waals surface area contributed by atoms with Crippen molar-refractivity contribution < 1.29 is 5.11 Å². The lowest BCUT2D eigenvalue weighted by Gasteiger charge is -2.31. The molecule has 14 heavy (non-hydrogen) atoms. The molecule has 0 aromatic carbocycles. The Balaban J connectivity index is 1.70. The van der Waals surface area contributed by atoms with Crippen molar-refractivity contribution in [3.8, 4) is 0 Å². The van der Waals surface area contributed by atoms with E-state index >= 15 is 0 Å². The van der Waals surface area contributed by atoms with Gasteiger partial charge in [-0.15, -0.1) is 0 Å². The molecule has 2 fully saturated rings. The number of aliphatic hydroxyl groups is 1. The highest BCUT2D eigenvalue weighted by molar-refractivity contribution is 4.79. The Morgan fingerprint density at radius 3 is 2.43 bits per heavy atom. The zero-order valence-electron chi connectivity index (χ0n) is 9.15. The summed E-state index contributed by atoms with van der Waals surface area (Å²) in [7, 11) is 2.20. The van der Waals surface area contributed by atoms with E-state index in [0.29, 0.717) is 0 Å². The summed E-state index contributed by atoms with van der Waals surface area (Å²) in [6, 6.07) is 0. The van der Waals surface area contributed by atoms with Crippen LogP contribution in [0.5, 0.6) is 0 Å². The van der Waals surface area contributed by atoms with Crippen LogP contribution in [-0.2, 0) is 0 Å². The van der Waals surface area contributed by atoms with Crippen LogP contribution in [0.25, 0.3) is 0 Å². The average Bonchev–Trinajstić information content (AvgIpc) is 2.56. The molecule has 0 aromatic rings. The second-order valence-electron chi connectivity index (χ2n) is 4.95. The molecule has 0 aromatic heterocycles. The number of likely N-dealkylation sites (tertiary alicyclic amines) is 2. The van der Waals surface area contributed by atoms with Gasteiger partial charge in [-0.2, -0.15) is 0 Å². The third-order valence-electron chi connectivity index (χ3n) is 3.60. The lowest BCUT2D eigenvalue weighted by molar-refractivity contribution is 0.149. The highest BCUT2D eigenvalue weighted by Gasteiger charge is 2.24. The minimum atomic E-state index is -0.0544. The van der Waals surface area contributed by atoms with Crippen LogP contribution in [0.1, 0.15) is 19.3 Å². The summed E-state index contributed by atoms with van der Waals surface area (Å²) >= 11 is 0. The number of nitrogens with zero attached hydrogens (tertiary/aromatic N) is 2. The maximum absolute atomic E-state index is 9.42. The van der Waals surface area contributed by atoms with Crippen LogP contribution in [0.2, 0.25) is 0 Å². The minimum absolute atomic E-state index is 0.0544. The van der Waals surface area contributed by atoms with Crippen molar-refractivity contribution in [3.05, 3.63) is 0 Å². The predicted octanol–water partition coefficient (Wildman–Crippen LogP) is 0.395.